The predicted octanol–water partition coefficient (Wildman–Crippen LogP) is 0.967. The van der Waals surface area contributed by atoms with Crippen molar-refractivity contribution in [2.75, 3.05) is 30.9 Å². The van der Waals surface area contributed by atoms with Gasteiger partial charge in [0.05, 0.1) is 0 Å². The molecule has 0 aromatic carbocycles. The van der Waals surface area contributed by atoms with Gasteiger partial charge in [-0.1, -0.05) is 0 Å². The maximum atomic E-state index is 4.05. The van der Waals surface area contributed by atoms with Gasteiger partial charge >= 0.3 is 0 Å². The van der Waals surface area contributed by atoms with Crippen LogP contribution in [0.5, 0.6) is 0 Å². The van der Waals surface area contributed by atoms with Crippen LogP contribution >= 0.6 is 0 Å². The van der Waals surface area contributed by atoms with Crippen LogP contribution in [0, 0.1) is 0 Å². The standard InChI is InChI=1S/C9H14N6/c1-14(2)8-11-9(13-12-8)15(3)7-5-4-6-10-7/h4-6,10H,1-3H3,(H,11,12,13). The lowest BCUT2D eigenvalue weighted by atomic mass is 10.5. The van der Waals surface area contributed by atoms with Gasteiger partial charge in [0.15, 0.2) is 0 Å². The van der Waals surface area contributed by atoms with E-state index in [0.717, 1.165) is 11.8 Å². The molecule has 6 nitrogen and oxygen atoms in total. The number of aromatic amines is 2. The van der Waals surface area contributed by atoms with Crippen molar-refractivity contribution < 1.29 is 0 Å². The molecule has 2 heterocycles. The molecule has 2 N–H and O–H groups in total. The Kier molecular flexibility index (Phi) is 2.32. The van der Waals surface area contributed by atoms with Gasteiger partial charge in [-0.2, -0.15) is 0 Å². The minimum absolute atomic E-state index is 0.709. The lowest BCUT2D eigenvalue weighted by Crippen LogP contribution is -2.12. The highest BCUT2D eigenvalue weighted by Crippen LogP contribution is 2.18. The summed E-state index contributed by atoms with van der Waals surface area (Å²) >= 11 is 0. The zero-order valence-electron chi connectivity index (χ0n) is 9.02. The summed E-state index contributed by atoms with van der Waals surface area (Å²) in [4.78, 5) is 9.99. The topological polar surface area (TPSA) is 63.8 Å². The lowest BCUT2D eigenvalue weighted by molar-refractivity contribution is 0.992. The molecule has 0 saturated heterocycles. The van der Waals surface area contributed by atoms with Gasteiger partial charge in [0.1, 0.15) is 5.82 Å². The Hall–Kier alpha value is -1.98. The molecule has 2 rings (SSSR count). The molecule has 0 fully saturated rings. The molecular weight excluding hydrogens is 192 g/mol. The van der Waals surface area contributed by atoms with E-state index in [2.05, 4.69) is 20.2 Å². The predicted molar refractivity (Wildman–Crippen MR) is 59.6 cm³/mol. The average molecular weight is 206 g/mol. The van der Waals surface area contributed by atoms with Crippen LogP contribution < -0.4 is 9.80 Å². The van der Waals surface area contributed by atoms with Crippen LogP contribution in [0.2, 0.25) is 0 Å². The minimum Gasteiger partial charge on any atom is -0.348 e. The van der Waals surface area contributed by atoms with Gasteiger partial charge in [0, 0.05) is 27.3 Å². The summed E-state index contributed by atoms with van der Waals surface area (Å²) in [5.41, 5.74) is 0. The zero-order chi connectivity index (χ0) is 10.8. The van der Waals surface area contributed by atoms with Crippen molar-refractivity contribution in [3.63, 3.8) is 0 Å². The van der Waals surface area contributed by atoms with E-state index < -0.39 is 0 Å². The molecular formula is C9H14N6. The molecule has 0 unspecified atom stereocenters. The second-order valence-electron chi connectivity index (χ2n) is 3.48. The Balaban J connectivity index is 2.23. The molecule has 6 heteroatoms. The van der Waals surface area contributed by atoms with Crippen molar-refractivity contribution in [2.45, 2.75) is 0 Å². The highest BCUT2D eigenvalue weighted by molar-refractivity contribution is 5.52. The van der Waals surface area contributed by atoms with Crippen LogP contribution in [0.1, 0.15) is 0 Å². The number of aromatic nitrogens is 4. The van der Waals surface area contributed by atoms with Gasteiger partial charge in [0.25, 0.3) is 0 Å². The van der Waals surface area contributed by atoms with Crippen LogP contribution in [0.25, 0.3) is 0 Å². The lowest BCUT2D eigenvalue weighted by Gasteiger charge is -2.12. The Morgan fingerprint density at radius 1 is 1.13 bits per heavy atom. The quantitative estimate of drug-likeness (QED) is 0.785. The Labute approximate surface area is 87.9 Å². The molecule has 0 aliphatic heterocycles. The molecule has 15 heavy (non-hydrogen) atoms. The normalized spacial score (nSPS) is 10.3. The van der Waals surface area contributed by atoms with Crippen molar-refractivity contribution in [1.29, 1.82) is 0 Å². The first kappa shape index (κ1) is 9.57. The van der Waals surface area contributed by atoms with E-state index in [9.17, 15) is 0 Å². The Morgan fingerprint density at radius 3 is 2.40 bits per heavy atom. The number of nitrogens with one attached hydrogen (secondary N) is 2. The van der Waals surface area contributed by atoms with E-state index in [4.69, 9.17) is 0 Å². The fourth-order valence-corrected chi connectivity index (χ4v) is 1.24. The average Bonchev–Trinajstić information content (AvgIpc) is 2.88. The third-order valence-electron chi connectivity index (χ3n) is 2.15. The van der Waals surface area contributed by atoms with Crippen molar-refractivity contribution >= 4 is 17.7 Å². The van der Waals surface area contributed by atoms with Crippen molar-refractivity contribution in [3.05, 3.63) is 18.3 Å². The summed E-state index contributed by atoms with van der Waals surface area (Å²) in [5.74, 6) is 2.42. The van der Waals surface area contributed by atoms with Gasteiger partial charge < -0.3 is 9.88 Å². The number of hydrogen-bond donors (Lipinski definition) is 2. The van der Waals surface area contributed by atoms with Gasteiger partial charge in [-0.15, -0.1) is 10.2 Å². The summed E-state index contributed by atoms with van der Waals surface area (Å²) < 4.78 is 0. The van der Waals surface area contributed by atoms with Crippen LogP contribution in [-0.4, -0.2) is 41.3 Å². The monoisotopic (exact) mass is 206 g/mol. The van der Waals surface area contributed by atoms with Crippen molar-refractivity contribution in [2.24, 2.45) is 0 Å². The molecule has 0 radical (unpaired) electrons. The molecule has 80 valence electrons. The SMILES string of the molecule is CN(C)c1nnc(N(C)c2ccc[nH]2)[nH]1. The molecule has 0 aliphatic carbocycles. The summed E-state index contributed by atoms with van der Waals surface area (Å²) in [6.45, 7) is 0. The van der Waals surface area contributed by atoms with Crippen LogP contribution in [0.4, 0.5) is 17.7 Å². The Bertz CT molecular complexity index is 416. The highest BCUT2D eigenvalue weighted by atomic mass is 15.4. The van der Waals surface area contributed by atoms with Crippen LogP contribution in [0.15, 0.2) is 18.3 Å². The molecule has 0 spiro atoms. The number of H-pyrrole nitrogens is 2. The van der Waals surface area contributed by atoms with Crippen LogP contribution in [-0.2, 0) is 0 Å². The first-order valence-corrected chi connectivity index (χ1v) is 4.65. The van der Waals surface area contributed by atoms with Crippen LogP contribution in [0.3, 0.4) is 0 Å². The third-order valence-corrected chi connectivity index (χ3v) is 2.15. The fraction of sp³-hybridized carbons (Fsp3) is 0.333. The van der Waals surface area contributed by atoms with Crippen molar-refractivity contribution in [1.82, 2.24) is 20.2 Å². The number of nitrogens with zero attached hydrogens (tertiary/aromatic N) is 4. The van der Waals surface area contributed by atoms with E-state index in [1.807, 2.05) is 49.3 Å². The number of hydrogen-bond acceptors (Lipinski definition) is 4. The molecule has 0 saturated carbocycles. The van der Waals surface area contributed by atoms with E-state index in [-0.39, 0.29) is 0 Å². The van der Waals surface area contributed by atoms with Gasteiger partial charge in [-0.3, -0.25) is 9.88 Å². The van der Waals surface area contributed by atoms with E-state index in [1.54, 1.807) is 0 Å². The van der Waals surface area contributed by atoms with Gasteiger partial charge in [0.2, 0.25) is 11.9 Å². The van der Waals surface area contributed by atoms with Crippen molar-refractivity contribution in [3.8, 4) is 0 Å². The largest absolute Gasteiger partial charge is 0.348 e. The maximum absolute atomic E-state index is 4.05. The summed E-state index contributed by atoms with van der Waals surface area (Å²) in [7, 11) is 5.75. The first-order valence-electron chi connectivity index (χ1n) is 4.65. The first-order chi connectivity index (χ1) is 7.18. The smallest absolute Gasteiger partial charge is 0.231 e. The third kappa shape index (κ3) is 1.78. The molecule has 0 bridgehead atoms. The summed E-state index contributed by atoms with van der Waals surface area (Å²) in [6, 6.07) is 3.91. The second-order valence-corrected chi connectivity index (χ2v) is 3.48. The molecule has 0 aliphatic rings. The molecule has 2 aromatic heterocycles. The maximum Gasteiger partial charge on any atom is 0.231 e. The highest BCUT2D eigenvalue weighted by Gasteiger charge is 2.10. The number of anilines is 3. The summed E-state index contributed by atoms with van der Waals surface area (Å²) in [5, 5.41) is 8.06. The Morgan fingerprint density at radius 2 is 1.87 bits per heavy atom. The minimum atomic E-state index is 0.709. The number of rotatable bonds is 3. The van der Waals surface area contributed by atoms with E-state index >= 15 is 0 Å². The zero-order valence-corrected chi connectivity index (χ0v) is 9.02. The molecule has 0 amide bonds. The van der Waals surface area contributed by atoms with E-state index in [1.165, 1.54) is 0 Å². The van der Waals surface area contributed by atoms with Gasteiger partial charge in [-0.25, -0.2) is 0 Å². The second kappa shape index (κ2) is 3.64. The summed E-state index contributed by atoms with van der Waals surface area (Å²) in [6.07, 6.45) is 1.87. The molecule has 2 aromatic rings. The van der Waals surface area contributed by atoms with Gasteiger partial charge in [-0.05, 0) is 12.1 Å². The van der Waals surface area contributed by atoms with E-state index in [0.29, 0.717) is 5.95 Å². The fourth-order valence-electron chi connectivity index (χ4n) is 1.24. The molecule has 0 atom stereocenters.